The number of benzene rings is 2. The molecule has 0 unspecified atom stereocenters. The van der Waals surface area contributed by atoms with Crippen LogP contribution in [0.25, 0.3) is 16.6 Å². The van der Waals surface area contributed by atoms with E-state index in [-0.39, 0.29) is 17.3 Å². The van der Waals surface area contributed by atoms with E-state index >= 15 is 0 Å². The van der Waals surface area contributed by atoms with E-state index < -0.39 is 17.3 Å². The van der Waals surface area contributed by atoms with Gasteiger partial charge >= 0.3 is 0 Å². The van der Waals surface area contributed by atoms with Crippen molar-refractivity contribution in [3.63, 3.8) is 0 Å². The second kappa shape index (κ2) is 8.03. The fourth-order valence-corrected chi connectivity index (χ4v) is 3.37. The Hall–Kier alpha value is -3.81. The molecule has 164 valence electrons. The highest BCUT2D eigenvalue weighted by Crippen LogP contribution is 2.26. The van der Waals surface area contributed by atoms with Gasteiger partial charge in [-0.2, -0.15) is 5.10 Å². The summed E-state index contributed by atoms with van der Waals surface area (Å²) in [4.78, 5) is 29.7. The summed E-state index contributed by atoms with van der Waals surface area (Å²) in [6.07, 6.45) is 1.29. The van der Waals surface area contributed by atoms with Gasteiger partial charge in [-0.1, -0.05) is 32.9 Å². The minimum Gasteiger partial charge on any atom is -0.309 e. The molecule has 0 saturated heterocycles. The van der Waals surface area contributed by atoms with Gasteiger partial charge in [0, 0.05) is 11.5 Å². The van der Waals surface area contributed by atoms with Crippen LogP contribution in [0.15, 0.2) is 59.7 Å². The molecule has 2 aromatic heterocycles. The molecule has 0 fully saturated rings. The molecule has 0 aliphatic rings. The Morgan fingerprint density at radius 1 is 1.12 bits per heavy atom. The van der Waals surface area contributed by atoms with Gasteiger partial charge in [-0.15, -0.1) is 0 Å². The zero-order valence-corrected chi connectivity index (χ0v) is 18.4. The smallest absolute Gasteiger partial charge is 0.261 e. The van der Waals surface area contributed by atoms with Gasteiger partial charge in [0.05, 0.1) is 28.6 Å². The Labute approximate surface area is 184 Å². The topological polar surface area (TPSA) is 81.8 Å². The van der Waals surface area contributed by atoms with Crippen LogP contribution < -0.4 is 10.9 Å². The van der Waals surface area contributed by atoms with E-state index in [0.29, 0.717) is 11.3 Å². The first-order valence-corrected chi connectivity index (χ1v) is 10.2. The molecule has 2 heterocycles. The van der Waals surface area contributed by atoms with Gasteiger partial charge in [-0.25, -0.2) is 14.1 Å². The second-order valence-corrected chi connectivity index (χ2v) is 8.80. The van der Waals surface area contributed by atoms with Crippen LogP contribution in [0.3, 0.4) is 0 Å². The van der Waals surface area contributed by atoms with E-state index in [1.54, 1.807) is 4.68 Å². The molecule has 0 bridgehead atoms. The summed E-state index contributed by atoms with van der Waals surface area (Å²) in [5.74, 6) is -0.451. The number of hydrogen-bond acceptors (Lipinski definition) is 4. The number of fused-ring (bicyclic) bond motifs is 1. The molecule has 0 atom stereocenters. The van der Waals surface area contributed by atoms with Crippen molar-refractivity contribution >= 4 is 22.6 Å². The van der Waals surface area contributed by atoms with Crippen molar-refractivity contribution in [2.75, 3.05) is 5.32 Å². The van der Waals surface area contributed by atoms with Gasteiger partial charge in [-0.05, 0) is 42.8 Å². The lowest BCUT2D eigenvalue weighted by Crippen LogP contribution is -2.28. The first-order valence-electron chi connectivity index (χ1n) is 10.2. The molecule has 4 aromatic rings. The van der Waals surface area contributed by atoms with Crippen molar-refractivity contribution < 1.29 is 9.18 Å². The number of aryl methyl sites for hydroxylation is 1. The third-order valence-corrected chi connectivity index (χ3v) is 5.09. The largest absolute Gasteiger partial charge is 0.309 e. The fourth-order valence-electron chi connectivity index (χ4n) is 3.37. The average Bonchev–Trinajstić information content (AvgIpc) is 3.15. The van der Waals surface area contributed by atoms with Crippen LogP contribution in [0.2, 0.25) is 0 Å². The van der Waals surface area contributed by atoms with Crippen LogP contribution in [-0.2, 0) is 16.8 Å². The Morgan fingerprint density at radius 2 is 1.91 bits per heavy atom. The number of aromatic nitrogens is 4. The standard InChI is InChI=1S/C24H24FN5O2/c1-15-6-5-7-17(10-15)30-21(12-20(28-30)24(2,3)4)27-22(31)13-29-14-26-19-9-8-16(25)11-18(19)23(29)32/h5-12,14H,13H2,1-4H3,(H,27,31). The Bertz CT molecular complexity index is 1380. The second-order valence-electron chi connectivity index (χ2n) is 8.80. The molecule has 8 heteroatoms. The molecule has 0 aliphatic heterocycles. The lowest BCUT2D eigenvalue weighted by atomic mass is 9.92. The highest BCUT2D eigenvalue weighted by Gasteiger charge is 2.22. The number of hydrogen-bond donors (Lipinski definition) is 1. The van der Waals surface area contributed by atoms with E-state index in [1.807, 2.05) is 58.0 Å². The summed E-state index contributed by atoms with van der Waals surface area (Å²) >= 11 is 0. The van der Waals surface area contributed by atoms with Gasteiger partial charge in [0.15, 0.2) is 0 Å². The van der Waals surface area contributed by atoms with Crippen LogP contribution in [0.5, 0.6) is 0 Å². The molecule has 0 radical (unpaired) electrons. The van der Waals surface area contributed by atoms with Crippen LogP contribution in [-0.4, -0.2) is 25.2 Å². The number of rotatable bonds is 4. The number of carbonyl (C=O) groups is 1. The zero-order valence-electron chi connectivity index (χ0n) is 18.4. The number of nitrogens with zero attached hydrogens (tertiary/aromatic N) is 4. The van der Waals surface area contributed by atoms with Crippen molar-refractivity contribution in [2.24, 2.45) is 0 Å². The first-order chi connectivity index (χ1) is 15.1. The van der Waals surface area contributed by atoms with Crippen molar-refractivity contribution in [1.29, 1.82) is 0 Å². The lowest BCUT2D eigenvalue weighted by Gasteiger charge is -2.14. The van der Waals surface area contributed by atoms with E-state index in [4.69, 9.17) is 5.10 Å². The number of halogens is 1. The van der Waals surface area contributed by atoms with Crippen LogP contribution in [0.1, 0.15) is 32.0 Å². The van der Waals surface area contributed by atoms with E-state index in [0.717, 1.165) is 27.6 Å². The highest BCUT2D eigenvalue weighted by molar-refractivity contribution is 5.90. The monoisotopic (exact) mass is 433 g/mol. The summed E-state index contributed by atoms with van der Waals surface area (Å²) in [6.45, 7) is 7.85. The van der Waals surface area contributed by atoms with Crippen molar-refractivity contribution in [3.05, 3.63) is 82.3 Å². The normalized spacial score (nSPS) is 11.7. The summed E-state index contributed by atoms with van der Waals surface area (Å²) in [5.41, 5.74) is 2.36. The molecule has 7 nitrogen and oxygen atoms in total. The lowest BCUT2D eigenvalue weighted by molar-refractivity contribution is -0.116. The van der Waals surface area contributed by atoms with Crippen LogP contribution in [0, 0.1) is 12.7 Å². The fraction of sp³-hybridized carbons (Fsp3) is 0.250. The predicted octanol–water partition coefficient (Wildman–Crippen LogP) is 3.97. The van der Waals surface area contributed by atoms with Gasteiger partial charge in [0.2, 0.25) is 5.91 Å². The van der Waals surface area contributed by atoms with E-state index in [9.17, 15) is 14.0 Å². The summed E-state index contributed by atoms with van der Waals surface area (Å²) in [7, 11) is 0. The molecule has 0 spiro atoms. The SMILES string of the molecule is Cc1cccc(-n2nc(C(C)(C)C)cc2NC(=O)Cn2cnc3ccc(F)cc3c2=O)c1. The molecule has 32 heavy (non-hydrogen) atoms. The molecular weight excluding hydrogens is 409 g/mol. The Kier molecular flexibility index (Phi) is 5.38. The molecule has 0 aliphatic carbocycles. The summed E-state index contributed by atoms with van der Waals surface area (Å²) in [6, 6.07) is 13.4. The molecule has 2 aromatic carbocycles. The molecule has 1 amide bonds. The maximum absolute atomic E-state index is 13.6. The minimum absolute atomic E-state index is 0.125. The third kappa shape index (κ3) is 4.30. The highest BCUT2D eigenvalue weighted by atomic mass is 19.1. The van der Waals surface area contributed by atoms with Crippen molar-refractivity contribution in [3.8, 4) is 5.69 Å². The average molecular weight is 433 g/mol. The molecular formula is C24H24FN5O2. The van der Waals surface area contributed by atoms with E-state index in [1.165, 1.54) is 18.5 Å². The quantitative estimate of drug-likeness (QED) is 0.528. The first kappa shape index (κ1) is 21.4. The van der Waals surface area contributed by atoms with Gasteiger partial charge in [-0.3, -0.25) is 14.2 Å². The summed E-state index contributed by atoms with van der Waals surface area (Å²) < 4.78 is 16.4. The van der Waals surface area contributed by atoms with Crippen LogP contribution in [0.4, 0.5) is 10.2 Å². The van der Waals surface area contributed by atoms with Gasteiger partial charge in [0.25, 0.3) is 5.56 Å². The maximum Gasteiger partial charge on any atom is 0.261 e. The van der Waals surface area contributed by atoms with Crippen molar-refractivity contribution in [2.45, 2.75) is 39.7 Å². The number of nitrogens with one attached hydrogen (secondary N) is 1. The third-order valence-electron chi connectivity index (χ3n) is 5.09. The number of anilines is 1. The number of amides is 1. The Morgan fingerprint density at radius 3 is 2.62 bits per heavy atom. The molecule has 1 N–H and O–H groups in total. The number of carbonyl (C=O) groups excluding carboxylic acids is 1. The van der Waals surface area contributed by atoms with Gasteiger partial charge < -0.3 is 5.32 Å². The maximum atomic E-state index is 13.6. The molecule has 0 saturated carbocycles. The Balaban J connectivity index is 1.66. The van der Waals surface area contributed by atoms with Crippen LogP contribution >= 0.6 is 0 Å². The van der Waals surface area contributed by atoms with Gasteiger partial charge in [0.1, 0.15) is 18.2 Å². The summed E-state index contributed by atoms with van der Waals surface area (Å²) in [5, 5.41) is 7.68. The van der Waals surface area contributed by atoms with Crippen molar-refractivity contribution in [1.82, 2.24) is 19.3 Å². The predicted molar refractivity (Wildman–Crippen MR) is 122 cm³/mol. The van der Waals surface area contributed by atoms with E-state index in [2.05, 4.69) is 10.3 Å². The zero-order chi connectivity index (χ0) is 23.0. The minimum atomic E-state index is -0.532. The molecule has 4 rings (SSSR count).